The smallest absolute Gasteiger partial charge is 0.420 e. The summed E-state index contributed by atoms with van der Waals surface area (Å²) >= 11 is 0. The molecule has 26 heavy (non-hydrogen) atoms. The fourth-order valence-electron chi connectivity index (χ4n) is 2.41. The van der Waals surface area contributed by atoms with E-state index in [0.717, 1.165) is 6.07 Å². The summed E-state index contributed by atoms with van der Waals surface area (Å²) in [5.74, 6) is -1.82. The average molecular weight is 363 g/mol. The molecule has 3 rings (SSSR count). The fourth-order valence-corrected chi connectivity index (χ4v) is 2.41. The maximum absolute atomic E-state index is 13.4. The second-order valence-corrected chi connectivity index (χ2v) is 5.38. The monoisotopic (exact) mass is 363 g/mol. The maximum atomic E-state index is 13.4. The molecule has 0 atom stereocenters. The minimum atomic E-state index is -4.78. The van der Waals surface area contributed by atoms with Gasteiger partial charge in [-0.15, -0.1) is 5.10 Å². The quantitative estimate of drug-likeness (QED) is 0.756. The molecule has 6 nitrogen and oxygen atoms in total. The van der Waals surface area contributed by atoms with Crippen molar-refractivity contribution >= 4 is 5.97 Å². The number of carboxylic acids is 1. The minimum Gasteiger partial charge on any atom is -0.478 e. The summed E-state index contributed by atoms with van der Waals surface area (Å²) < 4.78 is 47.1. The van der Waals surface area contributed by atoms with Crippen molar-refractivity contribution in [3.8, 4) is 17.2 Å². The van der Waals surface area contributed by atoms with E-state index < -0.39 is 29.0 Å². The van der Waals surface area contributed by atoms with Crippen LogP contribution in [0.25, 0.3) is 5.69 Å². The Hall–Kier alpha value is -3.36. The van der Waals surface area contributed by atoms with E-state index in [1.807, 2.05) is 0 Å². The number of aryl methyl sites for hydroxylation is 1. The van der Waals surface area contributed by atoms with Crippen LogP contribution in [0.15, 0.2) is 48.8 Å². The molecular weight excluding hydrogens is 351 g/mol. The Bertz CT molecular complexity index is 954. The van der Waals surface area contributed by atoms with Gasteiger partial charge in [0.05, 0.1) is 23.5 Å². The predicted molar refractivity (Wildman–Crippen MR) is 84.6 cm³/mol. The first-order chi connectivity index (χ1) is 12.3. The zero-order valence-corrected chi connectivity index (χ0v) is 13.4. The molecule has 0 saturated heterocycles. The molecule has 0 radical (unpaired) electrons. The van der Waals surface area contributed by atoms with Crippen LogP contribution in [0.4, 0.5) is 13.2 Å². The summed E-state index contributed by atoms with van der Waals surface area (Å²) in [5.41, 5.74) is -1.07. The van der Waals surface area contributed by atoms with Crippen LogP contribution in [0.5, 0.6) is 11.5 Å². The highest BCUT2D eigenvalue weighted by atomic mass is 19.4. The van der Waals surface area contributed by atoms with Crippen LogP contribution in [-0.4, -0.2) is 26.1 Å². The average Bonchev–Trinajstić information content (AvgIpc) is 3.08. The standard InChI is InChI=1S/C17H12F3N3O3/c1-10-8-15(12(17(18,19)20)9-11(10)16(24)25)26-14-5-3-2-4-13(14)23-7-6-21-22-23/h2-9H,1H3,(H,24,25). The van der Waals surface area contributed by atoms with Gasteiger partial charge < -0.3 is 9.84 Å². The van der Waals surface area contributed by atoms with E-state index in [1.165, 1.54) is 30.1 Å². The van der Waals surface area contributed by atoms with Crippen molar-refractivity contribution in [3.05, 3.63) is 65.5 Å². The summed E-state index contributed by atoms with van der Waals surface area (Å²) in [4.78, 5) is 11.2. The molecule has 1 heterocycles. The van der Waals surface area contributed by atoms with Gasteiger partial charge in [0, 0.05) is 0 Å². The van der Waals surface area contributed by atoms with Crippen molar-refractivity contribution in [1.82, 2.24) is 15.0 Å². The maximum Gasteiger partial charge on any atom is 0.420 e. The molecule has 1 aromatic heterocycles. The van der Waals surface area contributed by atoms with Crippen LogP contribution >= 0.6 is 0 Å². The highest BCUT2D eigenvalue weighted by molar-refractivity contribution is 5.90. The zero-order chi connectivity index (χ0) is 18.9. The van der Waals surface area contributed by atoms with E-state index in [-0.39, 0.29) is 11.3 Å². The molecule has 0 bridgehead atoms. The number of benzene rings is 2. The second kappa shape index (κ2) is 6.51. The number of hydrogen-bond acceptors (Lipinski definition) is 4. The first kappa shape index (κ1) is 17.5. The third-order valence-corrected chi connectivity index (χ3v) is 3.62. The van der Waals surface area contributed by atoms with E-state index in [4.69, 9.17) is 9.84 Å². The van der Waals surface area contributed by atoms with E-state index in [2.05, 4.69) is 10.3 Å². The Kier molecular flexibility index (Phi) is 4.37. The predicted octanol–water partition coefficient (Wildman–Crippen LogP) is 4.09. The van der Waals surface area contributed by atoms with E-state index in [0.29, 0.717) is 11.8 Å². The zero-order valence-electron chi connectivity index (χ0n) is 13.4. The lowest BCUT2D eigenvalue weighted by molar-refractivity contribution is -0.138. The lowest BCUT2D eigenvalue weighted by Gasteiger charge is -2.17. The number of hydrogen-bond donors (Lipinski definition) is 1. The molecule has 0 aliphatic carbocycles. The molecule has 0 aliphatic heterocycles. The molecule has 3 aromatic rings. The van der Waals surface area contributed by atoms with Crippen molar-refractivity contribution in [2.45, 2.75) is 13.1 Å². The highest BCUT2D eigenvalue weighted by Gasteiger charge is 2.36. The molecule has 134 valence electrons. The molecular formula is C17H12F3N3O3. The van der Waals surface area contributed by atoms with Crippen LogP contribution < -0.4 is 4.74 Å². The highest BCUT2D eigenvalue weighted by Crippen LogP contribution is 2.40. The van der Waals surface area contributed by atoms with Crippen LogP contribution in [-0.2, 0) is 6.18 Å². The van der Waals surface area contributed by atoms with Crippen LogP contribution in [0.1, 0.15) is 21.5 Å². The van der Waals surface area contributed by atoms with Gasteiger partial charge in [0.2, 0.25) is 0 Å². The first-order valence-electron chi connectivity index (χ1n) is 7.36. The molecule has 2 aromatic carbocycles. The normalized spacial score (nSPS) is 11.4. The molecule has 0 unspecified atom stereocenters. The largest absolute Gasteiger partial charge is 0.478 e. The molecule has 0 amide bonds. The van der Waals surface area contributed by atoms with Crippen molar-refractivity contribution < 1.29 is 27.8 Å². The molecule has 9 heteroatoms. The van der Waals surface area contributed by atoms with E-state index >= 15 is 0 Å². The number of nitrogens with zero attached hydrogens (tertiary/aromatic N) is 3. The second-order valence-electron chi connectivity index (χ2n) is 5.38. The van der Waals surface area contributed by atoms with Gasteiger partial charge in [-0.1, -0.05) is 17.3 Å². The summed E-state index contributed by atoms with van der Waals surface area (Å²) in [7, 11) is 0. The molecule has 0 aliphatic rings. The van der Waals surface area contributed by atoms with Gasteiger partial charge in [-0.05, 0) is 36.8 Å². The Labute approximate surface area is 145 Å². The number of rotatable bonds is 4. The molecule has 1 N–H and O–H groups in total. The number of aromatic nitrogens is 3. The number of para-hydroxylation sites is 2. The number of carboxylic acid groups (broad SMARTS) is 1. The lowest BCUT2D eigenvalue weighted by atomic mass is 10.0. The third-order valence-electron chi connectivity index (χ3n) is 3.62. The van der Waals surface area contributed by atoms with Gasteiger partial charge in [-0.25, -0.2) is 9.48 Å². The molecule has 0 spiro atoms. The van der Waals surface area contributed by atoms with E-state index in [9.17, 15) is 18.0 Å². The number of ether oxygens (including phenoxy) is 1. The Morgan fingerprint density at radius 2 is 1.92 bits per heavy atom. The number of aromatic carboxylic acids is 1. The summed E-state index contributed by atoms with van der Waals surface area (Å²) in [6, 6.07) is 8.00. The minimum absolute atomic E-state index is 0.117. The number of halogens is 3. The number of carbonyl (C=O) groups is 1. The Morgan fingerprint density at radius 3 is 2.54 bits per heavy atom. The molecule has 0 fully saturated rings. The van der Waals surface area contributed by atoms with Crippen molar-refractivity contribution in [2.75, 3.05) is 0 Å². The van der Waals surface area contributed by atoms with Gasteiger partial charge in [0.15, 0.2) is 5.75 Å². The van der Waals surface area contributed by atoms with Gasteiger partial charge in [-0.2, -0.15) is 13.2 Å². The first-order valence-corrected chi connectivity index (χ1v) is 7.36. The van der Waals surface area contributed by atoms with Gasteiger partial charge >= 0.3 is 12.1 Å². The SMILES string of the molecule is Cc1cc(Oc2ccccc2-n2ccnn2)c(C(F)(F)F)cc1C(=O)O. The van der Waals surface area contributed by atoms with Crippen molar-refractivity contribution in [3.63, 3.8) is 0 Å². The topological polar surface area (TPSA) is 77.2 Å². The third kappa shape index (κ3) is 3.37. The van der Waals surface area contributed by atoms with Gasteiger partial charge in [0.25, 0.3) is 0 Å². The number of alkyl halides is 3. The molecule has 0 saturated carbocycles. The van der Waals surface area contributed by atoms with Gasteiger partial charge in [0.1, 0.15) is 11.4 Å². The summed E-state index contributed by atoms with van der Waals surface area (Å²) in [6.07, 6.45) is -1.84. The van der Waals surface area contributed by atoms with E-state index in [1.54, 1.807) is 18.2 Å². The van der Waals surface area contributed by atoms with Crippen LogP contribution in [0, 0.1) is 6.92 Å². The van der Waals surface area contributed by atoms with Crippen LogP contribution in [0.3, 0.4) is 0 Å². The fraction of sp³-hybridized carbons (Fsp3) is 0.118. The Morgan fingerprint density at radius 1 is 1.19 bits per heavy atom. The Balaban J connectivity index is 2.12. The van der Waals surface area contributed by atoms with Crippen LogP contribution in [0.2, 0.25) is 0 Å². The summed E-state index contributed by atoms with van der Waals surface area (Å²) in [6.45, 7) is 1.40. The van der Waals surface area contributed by atoms with Gasteiger partial charge in [-0.3, -0.25) is 0 Å². The summed E-state index contributed by atoms with van der Waals surface area (Å²) in [5, 5.41) is 16.5. The van der Waals surface area contributed by atoms with Crippen molar-refractivity contribution in [1.29, 1.82) is 0 Å². The van der Waals surface area contributed by atoms with Crippen molar-refractivity contribution in [2.24, 2.45) is 0 Å². The lowest BCUT2D eigenvalue weighted by Crippen LogP contribution is -2.11.